The number of hydrogen-bond acceptors (Lipinski definition) is 3. The third-order valence-electron chi connectivity index (χ3n) is 4.31. The lowest BCUT2D eigenvalue weighted by Crippen LogP contribution is -2.46. The Hall–Kier alpha value is -0.610. The van der Waals surface area contributed by atoms with Gasteiger partial charge in [0.25, 0.3) is 0 Å². The number of carboxylic acids is 1. The van der Waals surface area contributed by atoms with Crippen molar-refractivity contribution in [1.29, 1.82) is 0 Å². The van der Waals surface area contributed by atoms with Gasteiger partial charge in [0.2, 0.25) is 0 Å². The highest BCUT2D eigenvalue weighted by Gasteiger charge is 2.33. The van der Waals surface area contributed by atoms with Crippen LogP contribution in [-0.4, -0.2) is 59.1 Å². The fourth-order valence-electron chi connectivity index (χ4n) is 3.09. The molecule has 4 nitrogen and oxygen atoms in total. The highest BCUT2D eigenvalue weighted by Crippen LogP contribution is 2.25. The van der Waals surface area contributed by atoms with E-state index in [0.29, 0.717) is 12.1 Å². The lowest BCUT2D eigenvalue weighted by Gasteiger charge is -2.38. The number of aliphatic carboxylic acids is 1. The summed E-state index contributed by atoms with van der Waals surface area (Å²) in [6, 6.07) is 1.26. The average Bonchev–Trinajstić information content (AvgIpc) is 2.78. The van der Waals surface area contributed by atoms with Crippen LogP contribution in [0.15, 0.2) is 0 Å². The van der Waals surface area contributed by atoms with E-state index in [9.17, 15) is 4.79 Å². The van der Waals surface area contributed by atoms with Gasteiger partial charge in [0, 0.05) is 18.6 Å². The molecule has 2 heterocycles. The van der Waals surface area contributed by atoms with E-state index in [1.807, 2.05) is 0 Å². The summed E-state index contributed by atoms with van der Waals surface area (Å²) in [6.45, 7) is 8.56. The Morgan fingerprint density at radius 2 is 1.82 bits per heavy atom. The Labute approximate surface area is 104 Å². The number of hydrogen-bond donors (Lipinski definition) is 1. The molecule has 0 bridgehead atoms. The Kier molecular flexibility index (Phi) is 4.05. The number of carboxylic acid groups (broad SMARTS) is 1. The van der Waals surface area contributed by atoms with Crippen LogP contribution in [0, 0.1) is 5.92 Å². The smallest absolute Gasteiger partial charge is 0.307 e. The van der Waals surface area contributed by atoms with Crippen molar-refractivity contribution in [3.05, 3.63) is 0 Å². The van der Waals surface area contributed by atoms with E-state index in [1.165, 1.54) is 12.8 Å². The van der Waals surface area contributed by atoms with Gasteiger partial charge < -0.3 is 10.0 Å². The van der Waals surface area contributed by atoms with Crippen LogP contribution in [-0.2, 0) is 4.79 Å². The van der Waals surface area contributed by atoms with E-state index in [4.69, 9.17) is 5.11 Å². The van der Waals surface area contributed by atoms with Crippen molar-refractivity contribution >= 4 is 5.97 Å². The zero-order chi connectivity index (χ0) is 12.4. The van der Waals surface area contributed by atoms with Gasteiger partial charge in [-0.2, -0.15) is 0 Å². The van der Waals surface area contributed by atoms with Crippen molar-refractivity contribution in [3.63, 3.8) is 0 Å². The van der Waals surface area contributed by atoms with Crippen LogP contribution in [0.5, 0.6) is 0 Å². The first-order valence-corrected chi connectivity index (χ1v) is 6.79. The van der Waals surface area contributed by atoms with Crippen LogP contribution in [0.3, 0.4) is 0 Å². The molecule has 17 heavy (non-hydrogen) atoms. The van der Waals surface area contributed by atoms with Crippen LogP contribution in [0.25, 0.3) is 0 Å². The molecule has 2 rings (SSSR count). The number of likely N-dealkylation sites (tertiary alicyclic amines) is 2. The van der Waals surface area contributed by atoms with E-state index >= 15 is 0 Å². The molecule has 1 N–H and O–H groups in total. The maximum absolute atomic E-state index is 10.9. The molecule has 0 saturated carbocycles. The van der Waals surface area contributed by atoms with Crippen molar-refractivity contribution in [3.8, 4) is 0 Å². The third kappa shape index (κ3) is 2.99. The van der Waals surface area contributed by atoms with Gasteiger partial charge in [0.15, 0.2) is 0 Å². The van der Waals surface area contributed by atoms with Gasteiger partial charge in [-0.05, 0) is 52.7 Å². The van der Waals surface area contributed by atoms with E-state index in [0.717, 1.165) is 32.6 Å². The van der Waals surface area contributed by atoms with Crippen LogP contribution in [0.1, 0.15) is 33.1 Å². The van der Waals surface area contributed by atoms with Gasteiger partial charge >= 0.3 is 5.97 Å². The lowest BCUT2D eigenvalue weighted by molar-refractivity contribution is -0.141. The molecule has 4 heteroatoms. The molecule has 98 valence electrons. The first-order valence-electron chi connectivity index (χ1n) is 6.79. The van der Waals surface area contributed by atoms with Gasteiger partial charge in [-0.3, -0.25) is 9.69 Å². The minimum Gasteiger partial charge on any atom is -0.481 e. The molecule has 0 aliphatic carbocycles. The molecule has 0 aromatic rings. The van der Waals surface area contributed by atoms with Crippen LogP contribution >= 0.6 is 0 Å². The first kappa shape index (κ1) is 12.8. The second-order valence-electron chi connectivity index (χ2n) is 5.68. The maximum Gasteiger partial charge on any atom is 0.307 e. The molecule has 2 aliphatic rings. The van der Waals surface area contributed by atoms with Crippen molar-refractivity contribution in [2.45, 2.75) is 45.2 Å². The molecule has 0 amide bonds. The highest BCUT2D eigenvalue weighted by molar-refractivity contribution is 5.70. The van der Waals surface area contributed by atoms with Crippen molar-refractivity contribution in [2.75, 3.05) is 26.2 Å². The van der Waals surface area contributed by atoms with Crippen molar-refractivity contribution < 1.29 is 9.90 Å². The molecular weight excluding hydrogens is 216 g/mol. The van der Waals surface area contributed by atoms with E-state index in [1.54, 1.807) is 0 Å². The number of rotatable bonds is 3. The van der Waals surface area contributed by atoms with Crippen molar-refractivity contribution in [1.82, 2.24) is 9.80 Å². The Bertz CT molecular complexity index is 273. The molecule has 2 fully saturated rings. The standard InChI is InChI=1S/C13H24N2O2/c1-10(2)14-7-4-12(5-8-14)15-6-3-11(9-15)13(16)17/h10-12H,3-9H2,1-2H3,(H,16,17). The van der Waals surface area contributed by atoms with Gasteiger partial charge in [0.1, 0.15) is 0 Å². The molecular formula is C13H24N2O2. The Morgan fingerprint density at radius 1 is 1.18 bits per heavy atom. The van der Waals surface area contributed by atoms with Crippen LogP contribution in [0.2, 0.25) is 0 Å². The molecule has 2 aliphatic heterocycles. The minimum absolute atomic E-state index is 0.127. The van der Waals surface area contributed by atoms with Gasteiger partial charge in [-0.25, -0.2) is 0 Å². The number of carbonyl (C=O) groups is 1. The fourth-order valence-corrected chi connectivity index (χ4v) is 3.09. The number of piperidine rings is 1. The fraction of sp³-hybridized carbons (Fsp3) is 0.923. The second-order valence-corrected chi connectivity index (χ2v) is 5.68. The summed E-state index contributed by atoms with van der Waals surface area (Å²) < 4.78 is 0. The lowest BCUT2D eigenvalue weighted by atomic mass is 10.0. The van der Waals surface area contributed by atoms with Crippen LogP contribution in [0.4, 0.5) is 0 Å². The quantitative estimate of drug-likeness (QED) is 0.806. The molecule has 2 saturated heterocycles. The summed E-state index contributed by atoms with van der Waals surface area (Å²) in [4.78, 5) is 15.9. The molecule has 0 aromatic heterocycles. The Balaban J connectivity index is 1.80. The van der Waals surface area contributed by atoms with Gasteiger partial charge in [-0.15, -0.1) is 0 Å². The predicted octanol–water partition coefficient (Wildman–Crippen LogP) is 1.27. The zero-order valence-corrected chi connectivity index (χ0v) is 10.9. The van der Waals surface area contributed by atoms with Crippen molar-refractivity contribution in [2.24, 2.45) is 5.92 Å². The summed E-state index contributed by atoms with van der Waals surface area (Å²) in [5.41, 5.74) is 0. The molecule has 0 aromatic carbocycles. The third-order valence-corrected chi connectivity index (χ3v) is 4.31. The van der Waals surface area contributed by atoms with Crippen LogP contribution < -0.4 is 0 Å². The normalized spacial score (nSPS) is 29.0. The van der Waals surface area contributed by atoms with E-state index < -0.39 is 5.97 Å². The highest BCUT2D eigenvalue weighted by atomic mass is 16.4. The van der Waals surface area contributed by atoms with E-state index in [-0.39, 0.29) is 5.92 Å². The number of nitrogens with zero attached hydrogens (tertiary/aromatic N) is 2. The summed E-state index contributed by atoms with van der Waals surface area (Å²) in [6.07, 6.45) is 3.23. The predicted molar refractivity (Wildman–Crippen MR) is 67.0 cm³/mol. The van der Waals surface area contributed by atoms with E-state index in [2.05, 4.69) is 23.6 Å². The zero-order valence-electron chi connectivity index (χ0n) is 10.9. The second kappa shape index (κ2) is 5.36. The topological polar surface area (TPSA) is 43.8 Å². The summed E-state index contributed by atoms with van der Waals surface area (Å²) in [5.74, 6) is -0.745. The summed E-state index contributed by atoms with van der Waals surface area (Å²) in [5, 5.41) is 9.01. The monoisotopic (exact) mass is 240 g/mol. The summed E-state index contributed by atoms with van der Waals surface area (Å²) >= 11 is 0. The molecule has 0 spiro atoms. The largest absolute Gasteiger partial charge is 0.481 e. The molecule has 1 unspecified atom stereocenters. The minimum atomic E-state index is -0.618. The van der Waals surface area contributed by atoms with Gasteiger partial charge in [0.05, 0.1) is 5.92 Å². The molecule has 1 atom stereocenters. The van der Waals surface area contributed by atoms with Gasteiger partial charge in [-0.1, -0.05) is 0 Å². The average molecular weight is 240 g/mol. The first-order chi connectivity index (χ1) is 8.08. The maximum atomic E-state index is 10.9. The summed E-state index contributed by atoms with van der Waals surface area (Å²) in [7, 11) is 0. The Morgan fingerprint density at radius 3 is 2.29 bits per heavy atom. The molecule has 0 radical (unpaired) electrons. The SMILES string of the molecule is CC(C)N1CCC(N2CCC(C(=O)O)C2)CC1.